The summed E-state index contributed by atoms with van der Waals surface area (Å²) in [4.78, 5) is 36.0. The van der Waals surface area contributed by atoms with Gasteiger partial charge >= 0.3 is 0 Å². The number of aliphatic hydroxyl groups is 2. The molecular formula is C61H63N3O9S. The maximum Gasteiger partial charge on any atom is 0.269 e. The Kier molecular flexibility index (Phi) is 17.1. The number of aliphatic hydroxyl groups excluding tert-OH is 2. The van der Waals surface area contributed by atoms with E-state index in [-0.39, 0.29) is 68.7 Å². The lowest BCUT2D eigenvalue weighted by Gasteiger charge is -2.60. The molecule has 9 rings (SSSR count). The Labute approximate surface area is 437 Å². The number of carbonyl (C=O) groups is 1. The van der Waals surface area contributed by atoms with Gasteiger partial charge in [-0.15, -0.1) is 18.3 Å². The Bertz CT molecular complexity index is 2990. The number of nitrogens with zero attached hydrogens (tertiary/aromatic N) is 3. The number of nitro groups is 1. The van der Waals surface area contributed by atoms with E-state index in [1.807, 2.05) is 102 Å². The quantitative estimate of drug-likeness (QED) is 0.0158. The minimum absolute atomic E-state index is 0.00560. The van der Waals surface area contributed by atoms with Crippen LogP contribution in [0.15, 0.2) is 180 Å². The predicted octanol–water partition coefficient (Wildman–Crippen LogP) is 12.8. The molecule has 74 heavy (non-hydrogen) atoms. The second kappa shape index (κ2) is 24.3. The van der Waals surface area contributed by atoms with Crippen molar-refractivity contribution in [2.24, 2.45) is 22.9 Å². The van der Waals surface area contributed by atoms with Crippen LogP contribution in [0.4, 0.5) is 5.69 Å². The van der Waals surface area contributed by atoms with Crippen LogP contribution < -0.4 is 9.47 Å². The van der Waals surface area contributed by atoms with Crippen molar-refractivity contribution in [1.29, 1.82) is 0 Å². The van der Waals surface area contributed by atoms with Gasteiger partial charge < -0.3 is 34.2 Å². The van der Waals surface area contributed by atoms with Crippen molar-refractivity contribution in [2.45, 2.75) is 80.7 Å². The number of fused-ring (bicyclic) bond motifs is 3. The zero-order valence-corrected chi connectivity index (χ0v) is 42.5. The third-order valence-electron chi connectivity index (χ3n) is 14.6. The van der Waals surface area contributed by atoms with Crippen LogP contribution in [0.1, 0.15) is 73.1 Å². The Hall–Kier alpha value is -7.03. The minimum atomic E-state index is -1.53. The van der Waals surface area contributed by atoms with Gasteiger partial charge in [-0.1, -0.05) is 103 Å². The Morgan fingerprint density at radius 3 is 2.36 bits per heavy atom. The van der Waals surface area contributed by atoms with Crippen LogP contribution in [0.25, 0.3) is 16.8 Å². The monoisotopic (exact) mass is 1010 g/mol. The van der Waals surface area contributed by atoms with Crippen molar-refractivity contribution >= 4 is 45.9 Å². The number of allylic oxidation sites excluding steroid dienone is 1. The molecule has 1 saturated carbocycles. The SMILES string of the molecule is C=CCO[C@@]12Oc3ccc(Oc4ccc(SC)cc4)cc3[C@H]3[C@H](CCCCO)[C@@H](CCCCO)C=C(C(=NOCc4ccccc4)C[C@@H]1N(Cc1cccc4ccccc14)C(=O)C=Cc1ccc([N+](=O)[O-])cc1)[C@H]32. The van der Waals surface area contributed by atoms with E-state index in [0.717, 1.165) is 63.6 Å². The zero-order chi connectivity index (χ0) is 51.4. The van der Waals surface area contributed by atoms with Crippen molar-refractivity contribution in [1.82, 2.24) is 4.90 Å². The average Bonchev–Trinajstić information content (AvgIpc) is 3.43. The van der Waals surface area contributed by atoms with E-state index in [9.17, 15) is 20.3 Å². The number of non-ortho nitro benzene ring substituents is 1. The Balaban J connectivity index is 1.26. The second-order valence-corrected chi connectivity index (χ2v) is 20.0. The van der Waals surface area contributed by atoms with Gasteiger partial charge in [-0.2, -0.15) is 0 Å². The molecule has 6 aromatic rings. The molecule has 0 spiro atoms. The van der Waals surface area contributed by atoms with E-state index in [1.54, 1.807) is 36.0 Å². The number of hydrogen-bond acceptors (Lipinski definition) is 11. The summed E-state index contributed by atoms with van der Waals surface area (Å²) in [5, 5.41) is 38.9. The molecule has 0 unspecified atom stereocenters. The van der Waals surface area contributed by atoms with Gasteiger partial charge in [-0.05, 0) is 137 Å². The van der Waals surface area contributed by atoms with Crippen LogP contribution in [0.2, 0.25) is 0 Å². The van der Waals surface area contributed by atoms with E-state index >= 15 is 4.79 Å². The molecule has 0 radical (unpaired) electrons. The normalized spacial score (nSPS) is 21.3. The predicted molar refractivity (Wildman–Crippen MR) is 291 cm³/mol. The van der Waals surface area contributed by atoms with Crippen LogP contribution in [0.5, 0.6) is 17.2 Å². The van der Waals surface area contributed by atoms with Gasteiger partial charge in [-0.3, -0.25) is 14.9 Å². The molecule has 6 aromatic carbocycles. The Morgan fingerprint density at radius 1 is 0.892 bits per heavy atom. The third-order valence-corrected chi connectivity index (χ3v) is 15.3. The first-order valence-corrected chi connectivity index (χ1v) is 26.7. The molecule has 13 heteroatoms. The van der Waals surface area contributed by atoms with Crippen LogP contribution in [0, 0.1) is 27.9 Å². The van der Waals surface area contributed by atoms with Gasteiger partial charge in [0.15, 0.2) is 0 Å². The summed E-state index contributed by atoms with van der Waals surface area (Å²) in [5.74, 6) is -0.741. The van der Waals surface area contributed by atoms with Crippen LogP contribution in [-0.2, 0) is 27.5 Å². The fourth-order valence-electron chi connectivity index (χ4n) is 11.2. The van der Waals surface area contributed by atoms with Crippen molar-refractivity contribution in [3.63, 3.8) is 0 Å². The molecule has 1 fully saturated rings. The van der Waals surface area contributed by atoms with Gasteiger partial charge in [0.1, 0.15) is 29.9 Å². The van der Waals surface area contributed by atoms with E-state index in [1.165, 1.54) is 18.2 Å². The first-order chi connectivity index (χ1) is 36.2. The van der Waals surface area contributed by atoms with Crippen LogP contribution >= 0.6 is 11.8 Å². The van der Waals surface area contributed by atoms with Crippen molar-refractivity contribution < 1.29 is 39.0 Å². The molecular weight excluding hydrogens is 951 g/mol. The number of benzene rings is 6. The second-order valence-electron chi connectivity index (χ2n) is 19.1. The molecule has 1 heterocycles. The molecule has 2 N–H and O–H groups in total. The molecule has 0 aromatic heterocycles. The zero-order valence-electron chi connectivity index (χ0n) is 41.7. The summed E-state index contributed by atoms with van der Waals surface area (Å²) in [6, 6.07) is 43.3. The van der Waals surface area contributed by atoms with Crippen LogP contribution in [0.3, 0.4) is 0 Å². The highest BCUT2D eigenvalue weighted by Gasteiger charge is 2.65. The van der Waals surface area contributed by atoms with Crippen molar-refractivity contribution in [3.8, 4) is 17.2 Å². The number of amides is 1. The maximum atomic E-state index is 15.6. The highest BCUT2D eigenvalue weighted by Crippen LogP contribution is 2.62. The first-order valence-electron chi connectivity index (χ1n) is 25.5. The summed E-state index contributed by atoms with van der Waals surface area (Å²) < 4.78 is 21.5. The standard InChI is InChI=1S/C61H63N3O9S/c1-3-36-70-61-57(63(40-46-19-13-18-44-16-7-8-20-51(44)46)58(67)33-24-42-22-25-47(26-23-42)64(68)69)39-55(62-71-41-43-14-5-4-6-15-43)53-37-45(17-9-11-34-65)52(21-10-12-35-66)59(60(53)61)54-38-49(29-32-56(54)73-61)72-48-27-30-50(74-2)31-28-48/h3-8,13-16,18-20,22-33,37-38,45,52,57,59-60,65-66H,1,9-12,17,21,34-36,39-41H2,2H3/t45-,52+,57-,59+,60+,61+/m0/s1. The lowest BCUT2D eigenvalue weighted by molar-refractivity contribution is -0.384. The number of rotatable bonds is 23. The lowest BCUT2D eigenvalue weighted by atomic mass is 9.55. The summed E-state index contributed by atoms with van der Waals surface area (Å²) in [6.07, 6.45) is 13.9. The lowest BCUT2D eigenvalue weighted by Crippen LogP contribution is -2.70. The average molecular weight is 1010 g/mol. The molecule has 3 aliphatic rings. The number of nitro benzene ring substituents is 1. The molecule has 1 aliphatic heterocycles. The smallest absolute Gasteiger partial charge is 0.269 e. The van der Waals surface area contributed by atoms with Gasteiger partial charge in [0.2, 0.25) is 11.7 Å². The minimum Gasteiger partial charge on any atom is -0.459 e. The molecule has 6 atom stereocenters. The van der Waals surface area contributed by atoms with Gasteiger partial charge in [0.25, 0.3) is 5.69 Å². The summed E-state index contributed by atoms with van der Waals surface area (Å²) in [5.41, 5.74) is 4.95. The summed E-state index contributed by atoms with van der Waals surface area (Å²) in [7, 11) is 0. The number of oxime groups is 1. The Morgan fingerprint density at radius 2 is 1.62 bits per heavy atom. The van der Waals surface area contributed by atoms with Crippen LogP contribution in [-0.4, -0.2) is 69.6 Å². The third kappa shape index (κ3) is 11.5. The molecule has 0 bridgehead atoms. The molecule has 2 aliphatic carbocycles. The maximum absolute atomic E-state index is 15.6. The molecule has 382 valence electrons. The van der Waals surface area contributed by atoms with E-state index < -0.39 is 22.7 Å². The van der Waals surface area contributed by atoms with E-state index in [0.29, 0.717) is 41.4 Å². The summed E-state index contributed by atoms with van der Waals surface area (Å²) in [6.45, 7) is 4.73. The number of carbonyl (C=O) groups excluding carboxylic acids is 1. The van der Waals surface area contributed by atoms with Crippen molar-refractivity contribution in [3.05, 3.63) is 202 Å². The van der Waals surface area contributed by atoms with Gasteiger partial charge in [-0.25, -0.2) is 0 Å². The van der Waals surface area contributed by atoms with Crippen molar-refractivity contribution in [2.75, 3.05) is 26.1 Å². The molecule has 0 saturated heterocycles. The van der Waals surface area contributed by atoms with Gasteiger partial charge in [0, 0.05) is 60.8 Å². The van der Waals surface area contributed by atoms with Gasteiger partial charge in [0.05, 0.1) is 23.2 Å². The number of hydrogen-bond donors (Lipinski definition) is 2. The topological polar surface area (TPSA) is 153 Å². The number of ether oxygens (including phenoxy) is 3. The van der Waals surface area contributed by atoms with E-state index in [2.05, 4.69) is 36.9 Å². The summed E-state index contributed by atoms with van der Waals surface area (Å²) >= 11 is 1.66. The highest BCUT2D eigenvalue weighted by molar-refractivity contribution is 7.98. The fourth-order valence-corrected chi connectivity index (χ4v) is 11.6. The fraction of sp³-hybridized carbons (Fsp3) is 0.311. The largest absolute Gasteiger partial charge is 0.459 e. The highest BCUT2D eigenvalue weighted by atomic mass is 32.2. The number of unbranched alkanes of at least 4 members (excludes halogenated alkanes) is 2. The molecule has 12 nitrogen and oxygen atoms in total. The van der Waals surface area contributed by atoms with E-state index in [4.69, 9.17) is 24.2 Å². The first kappa shape index (κ1) is 51.9. The number of thioether (sulfide) groups is 1. The molecule has 1 amide bonds.